The highest BCUT2D eigenvalue weighted by atomic mass is 28.4. The minimum absolute atomic E-state index is 0.0578. The zero-order valence-corrected chi connectivity index (χ0v) is 28.1. The molecule has 0 aromatic heterocycles. The number of aliphatic hydroxyl groups excluding tert-OH is 1. The van der Waals surface area contributed by atoms with E-state index in [4.69, 9.17) is 9.47 Å². The molecule has 6 atom stereocenters. The molecule has 0 radical (unpaired) electrons. The summed E-state index contributed by atoms with van der Waals surface area (Å²) >= 11 is 0. The smallest absolute Gasteiger partial charge is 0.264 e. The Morgan fingerprint density at radius 1 is 1.20 bits per heavy atom. The molecule has 0 aliphatic carbocycles. The molecule has 0 unspecified atom stereocenters. The third-order valence-electron chi connectivity index (χ3n) is 10.4. The van der Waals surface area contributed by atoms with Crippen molar-refractivity contribution in [3.8, 4) is 5.75 Å². The van der Waals surface area contributed by atoms with Gasteiger partial charge in [0.25, 0.3) is 5.91 Å². The first-order valence-corrected chi connectivity index (χ1v) is 19.3. The van der Waals surface area contributed by atoms with Gasteiger partial charge in [0.2, 0.25) is 20.2 Å². The number of amides is 3. The Morgan fingerprint density at radius 2 is 2.00 bits per heavy atom. The number of carbonyl (C=O) groups excluding carboxylic acids is 3. The molecular formula is C34H45FN4O6Si. The van der Waals surface area contributed by atoms with Crippen molar-refractivity contribution in [3.63, 3.8) is 0 Å². The first kappa shape index (κ1) is 32.6. The number of carbonyl (C=O) groups is 3. The molecule has 4 aliphatic heterocycles. The van der Waals surface area contributed by atoms with Crippen molar-refractivity contribution in [2.45, 2.75) is 88.0 Å². The van der Waals surface area contributed by atoms with Gasteiger partial charge in [-0.3, -0.25) is 14.4 Å². The summed E-state index contributed by atoms with van der Waals surface area (Å²) in [5.74, 6) is -0.587. The summed E-state index contributed by atoms with van der Waals surface area (Å²) in [6.45, 7) is 6.55. The van der Waals surface area contributed by atoms with Crippen molar-refractivity contribution in [3.05, 3.63) is 53.6 Å². The summed E-state index contributed by atoms with van der Waals surface area (Å²) in [7, 11) is -1.92. The van der Waals surface area contributed by atoms with Crippen LogP contribution < -0.4 is 20.3 Å². The van der Waals surface area contributed by atoms with Gasteiger partial charge in [0, 0.05) is 29.3 Å². The maximum atomic E-state index is 16.3. The molecule has 1 spiro atoms. The van der Waals surface area contributed by atoms with Crippen LogP contribution in [0.5, 0.6) is 5.75 Å². The Morgan fingerprint density at radius 3 is 2.70 bits per heavy atom. The minimum atomic E-state index is -3.47. The molecular weight excluding hydrogens is 607 g/mol. The molecule has 248 valence electrons. The number of nitrogens with one attached hydrogen (secondary N) is 2. The third kappa shape index (κ3) is 5.73. The predicted molar refractivity (Wildman–Crippen MR) is 175 cm³/mol. The lowest BCUT2D eigenvalue weighted by molar-refractivity contribution is -0.150. The van der Waals surface area contributed by atoms with Crippen molar-refractivity contribution < 1.29 is 33.1 Å². The normalized spacial score (nSPS) is 29.1. The maximum Gasteiger partial charge on any atom is 0.264 e. The SMILES string of the molecule is COc1ccc2c(c1)[C@]1(O[C@@H](CC(=O)N3CCC[C@H]3CO)[C@H]([Si](C)(C)F)[C@H]1C)C(=O)N2Cc1cccc(NC(=O)[C@H]2CCCN2)c1. The lowest BCUT2D eigenvalue weighted by Crippen LogP contribution is -2.45. The van der Waals surface area contributed by atoms with Crippen molar-refractivity contribution in [1.82, 2.24) is 10.2 Å². The number of hydrogen-bond acceptors (Lipinski definition) is 7. The van der Waals surface area contributed by atoms with Crippen LogP contribution in [0.15, 0.2) is 42.5 Å². The number of likely N-dealkylation sites (tertiary alicyclic amines) is 1. The van der Waals surface area contributed by atoms with Crippen molar-refractivity contribution >= 4 is 37.5 Å². The number of halogens is 1. The summed E-state index contributed by atoms with van der Waals surface area (Å²) in [4.78, 5) is 44.4. The van der Waals surface area contributed by atoms with E-state index in [1.54, 1.807) is 42.1 Å². The van der Waals surface area contributed by atoms with Gasteiger partial charge in [-0.25, -0.2) is 0 Å². The highest BCUT2D eigenvalue weighted by Gasteiger charge is 2.67. The number of aliphatic hydroxyl groups is 1. The fourth-order valence-corrected chi connectivity index (χ4v) is 10.7. The summed E-state index contributed by atoms with van der Waals surface area (Å²) in [5, 5.41) is 16.0. The predicted octanol–water partition coefficient (Wildman–Crippen LogP) is 4.08. The topological polar surface area (TPSA) is 120 Å². The van der Waals surface area contributed by atoms with E-state index < -0.39 is 31.6 Å². The summed E-state index contributed by atoms with van der Waals surface area (Å²) < 4.78 is 28.6. The quantitative estimate of drug-likeness (QED) is 0.276. The first-order chi connectivity index (χ1) is 22.0. The van der Waals surface area contributed by atoms with E-state index in [0.29, 0.717) is 29.2 Å². The van der Waals surface area contributed by atoms with Gasteiger partial charge in [-0.05, 0) is 81.2 Å². The molecule has 4 aliphatic rings. The molecule has 3 amide bonds. The number of anilines is 2. The molecule has 2 aromatic carbocycles. The van der Waals surface area contributed by atoms with Crippen molar-refractivity contribution in [2.24, 2.45) is 5.92 Å². The number of nitrogens with zero attached hydrogens (tertiary/aromatic N) is 2. The second kappa shape index (κ2) is 12.7. The van der Waals surface area contributed by atoms with E-state index in [9.17, 15) is 19.5 Å². The zero-order valence-electron chi connectivity index (χ0n) is 27.1. The highest BCUT2D eigenvalue weighted by molar-refractivity contribution is 6.72. The van der Waals surface area contributed by atoms with E-state index in [-0.39, 0.29) is 49.4 Å². The molecule has 46 heavy (non-hydrogen) atoms. The lowest BCUT2D eigenvalue weighted by atomic mass is 9.82. The minimum Gasteiger partial charge on any atom is -0.497 e. The van der Waals surface area contributed by atoms with Gasteiger partial charge in [0.1, 0.15) is 5.75 Å². The molecule has 0 bridgehead atoms. The highest BCUT2D eigenvalue weighted by Crippen LogP contribution is 2.60. The zero-order chi connectivity index (χ0) is 32.8. The monoisotopic (exact) mass is 652 g/mol. The van der Waals surface area contributed by atoms with Gasteiger partial charge in [-0.2, -0.15) is 0 Å². The number of hydrogen-bond donors (Lipinski definition) is 3. The maximum absolute atomic E-state index is 16.3. The summed E-state index contributed by atoms with van der Waals surface area (Å²) in [6, 6.07) is 12.4. The number of benzene rings is 2. The van der Waals surface area contributed by atoms with Gasteiger partial charge >= 0.3 is 0 Å². The van der Waals surface area contributed by atoms with Crippen LogP contribution in [0.1, 0.15) is 50.2 Å². The Labute approximate surface area is 270 Å². The van der Waals surface area contributed by atoms with E-state index in [2.05, 4.69) is 10.6 Å². The van der Waals surface area contributed by atoms with E-state index in [1.807, 2.05) is 37.3 Å². The summed E-state index contributed by atoms with van der Waals surface area (Å²) in [5.41, 5.74) is 0.571. The molecule has 3 fully saturated rings. The van der Waals surface area contributed by atoms with Crippen LogP contribution in [0.3, 0.4) is 0 Å². The molecule has 6 rings (SSSR count). The van der Waals surface area contributed by atoms with E-state index in [1.165, 1.54) is 0 Å². The average Bonchev–Trinajstić information content (AvgIpc) is 3.81. The van der Waals surface area contributed by atoms with Gasteiger partial charge < -0.3 is 39.1 Å². The Hall–Kier alpha value is -3.32. The number of rotatable bonds is 9. The fraction of sp³-hybridized carbons (Fsp3) is 0.559. The Kier molecular flexibility index (Phi) is 9.01. The van der Waals surface area contributed by atoms with Crippen LogP contribution in [-0.2, 0) is 31.3 Å². The molecule has 0 saturated carbocycles. The first-order valence-electron chi connectivity index (χ1n) is 16.4. The van der Waals surface area contributed by atoms with Crippen LogP contribution in [0.25, 0.3) is 0 Å². The lowest BCUT2D eigenvalue weighted by Gasteiger charge is -2.31. The van der Waals surface area contributed by atoms with Crippen LogP contribution in [-0.4, -0.2) is 81.1 Å². The number of fused-ring (bicyclic) bond motifs is 2. The van der Waals surface area contributed by atoms with Gasteiger partial charge in [-0.15, -0.1) is 0 Å². The largest absolute Gasteiger partial charge is 0.497 e. The third-order valence-corrected chi connectivity index (χ3v) is 12.8. The van der Waals surface area contributed by atoms with E-state index >= 15 is 4.11 Å². The van der Waals surface area contributed by atoms with Crippen LogP contribution in [0.2, 0.25) is 18.6 Å². The second-order valence-corrected chi connectivity index (χ2v) is 17.4. The van der Waals surface area contributed by atoms with E-state index in [0.717, 1.165) is 37.8 Å². The van der Waals surface area contributed by atoms with Crippen LogP contribution in [0, 0.1) is 5.92 Å². The fourth-order valence-electron chi connectivity index (χ4n) is 8.22. The second-order valence-electron chi connectivity index (χ2n) is 13.7. The number of ether oxygens (including phenoxy) is 2. The van der Waals surface area contributed by atoms with Crippen molar-refractivity contribution in [2.75, 3.05) is 37.0 Å². The number of methoxy groups -OCH3 is 1. The average molecular weight is 653 g/mol. The molecule has 10 nitrogen and oxygen atoms in total. The standard InChI is InChI=1S/C34H45FN4O6Si/c1-21-31(46(3,4)35)29(18-30(41)38-15-7-10-24(38)20-40)45-34(21)26-17-25(44-2)12-13-28(26)39(33(34)43)19-22-8-5-9-23(16-22)37-32(42)27-11-6-14-36-27/h5,8-9,12-13,16-17,21,24,27,29,31,36,40H,6-7,10-11,14-15,18-20H2,1-4H3,(H,37,42)/t21-,24+,27-,29+,31-,34+/m1/s1. The molecule has 12 heteroatoms. The molecule has 3 N–H and O–H groups in total. The van der Waals surface area contributed by atoms with Gasteiger partial charge in [0.05, 0.1) is 50.6 Å². The Bertz CT molecular complexity index is 1500. The van der Waals surface area contributed by atoms with Crippen molar-refractivity contribution in [1.29, 1.82) is 0 Å². The summed E-state index contributed by atoms with van der Waals surface area (Å²) in [6.07, 6.45) is 2.42. The molecule has 2 aromatic rings. The van der Waals surface area contributed by atoms with Crippen LogP contribution >= 0.6 is 0 Å². The Balaban J connectivity index is 1.32. The molecule has 4 heterocycles. The van der Waals surface area contributed by atoms with Crippen LogP contribution in [0.4, 0.5) is 15.5 Å². The van der Waals surface area contributed by atoms with Gasteiger partial charge in [0.15, 0.2) is 5.60 Å². The molecule has 3 saturated heterocycles. The van der Waals surface area contributed by atoms with Gasteiger partial charge in [-0.1, -0.05) is 19.1 Å².